The molecule has 0 saturated carbocycles. The van der Waals surface area contributed by atoms with Gasteiger partial charge in [0, 0.05) is 20.8 Å². The number of carbonyl (C=O) groups excluding carboxylic acids is 4. The largest absolute Gasteiger partial charge is 0.463 e. The highest BCUT2D eigenvalue weighted by atomic mass is 16.6. The van der Waals surface area contributed by atoms with Crippen molar-refractivity contribution in [2.45, 2.75) is 51.6 Å². The van der Waals surface area contributed by atoms with Crippen LogP contribution in [0, 0.1) is 0 Å². The van der Waals surface area contributed by atoms with Crippen molar-refractivity contribution in [1.29, 1.82) is 0 Å². The van der Waals surface area contributed by atoms with E-state index in [1.807, 2.05) is 0 Å². The molecule has 1 aliphatic rings. The molecule has 4 atom stereocenters. The van der Waals surface area contributed by atoms with E-state index in [1.165, 1.54) is 0 Å². The van der Waals surface area contributed by atoms with Crippen molar-refractivity contribution < 1.29 is 43.2 Å². The molecule has 1 heterocycles. The van der Waals surface area contributed by atoms with Crippen molar-refractivity contribution in [2.75, 3.05) is 13.2 Å². The summed E-state index contributed by atoms with van der Waals surface area (Å²) < 4.78 is 20.3. The topological polar surface area (TPSA) is 125 Å². The van der Waals surface area contributed by atoms with Gasteiger partial charge in [0.2, 0.25) is 5.60 Å². The number of Topliss-reactive ketones (excluding diaryl/α,β-unsaturated/α-hetero) is 1. The number of ether oxygens (including phenoxy) is 4. The normalized spacial score (nSPS) is 30.2. The van der Waals surface area contributed by atoms with E-state index < -0.39 is 54.2 Å². The molecule has 1 saturated heterocycles. The molecule has 0 aromatic heterocycles. The van der Waals surface area contributed by atoms with E-state index in [-0.39, 0.29) is 6.61 Å². The van der Waals surface area contributed by atoms with Gasteiger partial charge in [0.1, 0.15) is 18.8 Å². The summed E-state index contributed by atoms with van der Waals surface area (Å²) in [6.45, 7) is 3.69. The fourth-order valence-electron chi connectivity index (χ4n) is 2.47. The lowest BCUT2D eigenvalue weighted by atomic mass is 9.81. The molecule has 0 radical (unpaired) electrons. The van der Waals surface area contributed by atoms with Crippen molar-refractivity contribution >= 4 is 23.7 Å². The molecule has 0 aliphatic carbocycles. The van der Waals surface area contributed by atoms with E-state index in [9.17, 15) is 24.3 Å². The lowest BCUT2D eigenvalue weighted by Gasteiger charge is -2.46. The Kier molecular flexibility index (Phi) is 6.22. The standard InChI is InChI=1S/C14H20O9/c1-7(15)14(23-10(4)18)12(6-20-8(2)16)21-5-11(19)13(14)22-9(3)17/h11-13,19H,5-6H2,1-4H3/t11-,12-,13-,14-/m1/s1. The maximum atomic E-state index is 12.2. The van der Waals surface area contributed by atoms with Crippen LogP contribution in [0.25, 0.3) is 0 Å². The molecular formula is C14H20O9. The smallest absolute Gasteiger partial charge is 0.303 e. The zero-order valence-corrected chi connectivity index (χ0v) is 13.4. The molecule has 0 bridgehead atoms. The SMILES string of the molecule is CC(=O)OC[C@H]1OC[C@@H](O)[C@@H](OC(C)=O)[C@@]1(OC(C)=O)C(C)=O. The summed E-state index contributed by atoms with van der Waals surface area (Å²) in [4.78, 5) is 46.1. The van der Waals surface area contributed by atoms with Crippen LogP contribution < -0.4 is 0 Å². The molecule has 1 fully saturated rings. The third-order valence-electron chi connectivity index (χ3n) is 3.31. The van der Waals surface area contributed by atoms with Gasteiger partial charge in [0.15, 0.2) is 11.9 Å². The summed E-state index contributed by atoms with van der Waals surface area (Å²) >= 11 is 0. The van der Waals surface area contributed by atoms with Crippen LogP contribution in [0.1, 0.15) is 27.7 Å². The van der Waals surface area contributed by atoms with E-state index >= 15 is 0 Å². The minimum atomic E-state index is -2.11. The number of ketones is 1. The number of hydrogen-bond acceptors (Lipinski definition) is 9. The Morgan fingerprint density at radius 2 is 1.70 bits per heavy atom. The number of aliphatic hydroxyl groups is 1. The van der Waals surface area contributed by atoms with E-state index in [0.717, 1.165) is 27.7 Å². The summed E-state index contributed by atoms with van der Waals surface area (Å²) in [5.41, 5.74) is -2.11. The summed E-state index contributed by atoms with van der Waals surface area (Å²) in [5.74, 6) is -2.97. The summed E-state index contributed by atoms with van der Waals surface area (Å²) in [5, 5.41) is 10.1. The first-order valence-electron chi connectivity index (χ1n) is 6.92. The van der Waals surface area contributed by atoms with Gasteiger partial charge in [0.05, 0.1) is 6.61 Å². The summed E-state index contributed by atoms with van der Waals surface area (Å²) in [6.07, 6.45) is -4.09. The van der Waals surface area contributed by atoms with Gasteiger partial charge in [-0.25, -0.2) is 0 Å². The van der Waals surface area contributed by atoms with Gasteiger partial charge in [-0.15, -0.1) is 0 Å². The first-order chi connectivity index (χ1) is 10.6. The Morgan fingerprint density at radius 3 is 2.13 bits per heavy atom. The van der Waals surface area contributed by atoms with Crippen molar-refractivity contribution in [3.05, 3.63) is 0 Å². The summed E-state index contributed by atoms with van der Waals surface area (Å²) in [7, 11) is 0. The number of esters is 3. The molecule has 130 valence electrons. The molecule has 0 spiro atoms. The van der Waals surface area contributed by atoms with Gasteiger partial charge in [0.25, 0.3) is 0 Å². The van der Waals surface area contributed by atoms with E-state index in [2.05, 4.69) is 0 Å². The van der Waals surface area contributed by atoms with E-state index in [0.29, 0.717) is 0 Å². The molecule has 1 aliphatic heterocycles. The molecule has 0 unspecified atom stereocenters. The van der Waals surface area contributed by atoms with Crippen LogP contribution in [0.3, 0.4) is 0 Å². The Hall–Kier alpha value is -2.00. The van der Waals surface area contributed by atoms with Crippen molar-refractivity contribution in [3.8, 4) is 0 Å². The fourth-order valence-corrected chi connectivity index (χ4v) is 2.47. The lowest BCUT2D eigenvalue weighted by molar-refractivity contribution is -0.257. The monoisotopic (exact) mass is 332 g/mol. The number of aliphatic hydroxyl groups excluding tert-OH is 1. The lowest BCUT2D eigenvalue weighted by Crippen LogP contribution is -2.70. The van der Waals surface area contributed by atoms with E-state index in [4.69, 9.17) is 18.9 Å². The van der Waals surface area contributed by atoms with Crippen LogP contribution >= 0.6 is 0 Å². The zero-order valence-electron chi connectivity index (χ0n) is 13.4. The Balaban J connectivity index is 3.31. The average molecular weight is 332 g/mol. The van der Waals surface area contributed by atoms with Gasteiger partial charge in [-0.1, -0.05) is 0 Å². The van der Waals surface area contributed by atoms with Crippen molar-refractivity contribution in [2.24, 2.45) is 0 Å². The van der Waals surface area contributed by atoms with Crippen molar-refractivity contribution in [3.63, 3.8) is 0 Å². The second kappa shape index (κ2) is 7.51. The molecule has 9 heteroatoms. The van der Waals surface area contributed by atoms with Gasteiger partial charge >= 0.3 is 17.9 Å². The van der Waals surface area contributed by atoms with Crippen LogP contribution in [0.4, 0.5) is 0 Å². The quantitative estimate of drug-likeness (QED) is 0.505. The minimum Gasteiger partial charge on any atom is -0.463 e. The Bertz CT molecular complexity index is 500. The van der Waals surface area contributed by atoms with Crippen LogP contribution in [-0.4, -0.2) is 65.9 Å². The summed E-state index contributed by atoms with van der Waals surface area (Å²) in [6, 6.07) is 0. The average Bonchev–Trinajstić information content (AvgIpc) is 2.40. The molecule has 9 nitrogen and oxygen atoms in total. The maximum Gasteiger partial charge on any atom is 0.303 e. The van der Waals surface area contributed by atoms with Crippen LogP contribution in [0.5, 0.6) is 0 Å². The molecule has 0 aromatic rings. The predicted octanol–water partition coefficient (Wildman–Crippen LogP) is -0.868. The molecule has 0 aromatic carbocycles. The second-order valence-electron chi connectivity index (χ2n) is 5.16. The van der Waals surface area contributed by atoms with Gasteiger partial charge in [-0.05, 0) is 6.92 Å². The first kappa shape index (κ1) is 19.0. The maximum absolute atomic E-state index is 12.2. The van der Waals surface area contributed by atoms with Crippen LogP contribution in [-0.2, 0) is 38.1 Å². The van der Waals surface area contributed by atoms with Crippen molar-refractivity contribution in [1.82, 2.24) is 0 Å². The predicted molar refractivity (Wildman–Crippen MR) is 73.1 cm³/mol. The highest BCUT2D eigenvalue weighted by Gasteiger charge is 2.61. The Morgan fingerprint density at radius 1 is 1.09 bits per heavy atom. The molecule has 1 N–H and O–H groups in total. The highest BCUT2D eigenvalue weighted by molar-refractivity contribution is 5.89. The van der Waals surface area contributed by atoms with Gasteiger partial charge in [-0.2, -0.15) is 0 Å². The molecular weight excluding hydrogens is 312 g/mol. The molecule has 1 rings (SSSR count). The Labute approximate surface area is 132 Å². The number of hydrogen-bond donors (Lipinski definition) is 1. The van der Waals surface area contributed by atoms with E-state index in [1.54, 1.807) is 0 Å². The third kappa shape index (κ3) is 4.26. The van der Waals surface area contributed by atoms with Gasteiger partial charge < -0.3 is 24.1 Å². The third-order valence-corrected chi connectivity index (χ3v) is 3.31. The number of carbonyl (C=O) groups is 4. The molecule has 0 amide bonds. The first-order valence-corrected chi connectivity index (χ1v) is 6.92. The minimum absolute atomic E-state index is 0.291. The second-order valence-corrected chi connectivity index (χ2v) is 5.16. The molecule has 23 heavy (non-hydrogen) atoms. The van der Waals surface area contributed by atoms with Crippen LogP contribution in [0.2, 0.25) is 0 Å². The fraction of sp³-hybridized carbons (Fsp3) is 0.714. The number of rotatable bonds is 5. The van der Waals surface area contributed by atoms with Gasteiger partial charge in [-0.3, -0.25) is 19.2 Å². The zero-order chi connectivity index (χ0) is 17.8. The highest BCUT2D eigenvalue weighted by Crippen LogP contribution is 2.34. The van der Waals surface area contributed by atoms with Crippen LogP contribution in [0.15, 0.2) is 0 Å².